The summed E-state index contributed by atoms with van der Waals surface area (Å²) in [6.07, 6.45) is 1.32. The molecule has 0 atom stereocenters. The van der Waals surface area contributed by atoms with Gasteiger partial charge >= 0.3 is 5.97 Å². The Labute approximate surface area is 121 Å². The molecule has 7 heteroatoms. The Bertz CT molecular complexity index is 691. The fraction of sp³-hybridized carbons (Fsp3) is 0. The van der Waals surface area contributed by atoms with Crippen molar-refractivity contribution < 1.29 is 19.1 Å². The van der Waals surface area contributed by atoms with Gasteiger partial charge in [-0.05, 0) is 46.3 Å². The summed E-state index contributed by atoms with van der Waals surface area (Å²) >= 11 is 2.99. The molecule has 2 aromatic rings. The number of amides is 1. The maximum atomic E-state index is 13.1. The van der Waals surface area contributed by atoms with Crippen LogP contribution in [0.5, 0.6) is 0 Å². The Balaban J connectivity index is 2.28. The van der Waals surface area contributed by atoms with Crippen molar-refractivity contribution in [1.82, 2.24) is 4.98 Å². The monoisotopic (exact) mass is 338 g/mol. The first-order valence-electron chi connectivity index (χ1n) is 5.44. The molecule has 0 saturated heterocycles. The number of hydrogen-bond donors (Lipinski definition) is 2. The number of pyridine rings is 1. The van der Waals surface area contributed by atoms with Crippen LogP contribution in [0.15, 0.2) is 41.0 Å². The van der Waals surface area contributed by atoms with Gasteiger partial charge in [-0.25, -0.2) is 9.18 Å². The van der Waals surface area contributed by atoms with Crippen LogP contribution in [0.25, 0.3) is 0 Å². The van der Waals surface area contributed by atoms with E-state index in [-0.39, 0.29) is 15.7 Å². The molecule has 1 heterocycles. The lowest BCUT2D eigenvalue weighted by Crippen LogP contribution is -2.18. The molecule has 2 rings (SSSR count). The van der Waals surface area contributed by atoms with E-state index < -0.39 is 17.7 Å². The van der Waals surface area contributed by atoms with Crippen molar-refractivity contribution in [1.29, 1.82) is 0 Å². The first kappa shape index (κ1) is 14.1. The Morgan fingerprint density at radius 3 is 2.70 bits per heavy atom. The zero-order valence-electron chi connectivity index (χ0n) is 9.93. The lowest BCUT2D eigenvalue weighted by Gasteiger charge is -2.07. The fourth-order valence-corrected chi connectivity index (χ4v) is 1.90. The third kappa shape index (κ3) is 3.00. The SMILES string of the molecule is O=C(O)c1cccnc1C(=O)Nc1ccc(F)c(Br)c1. The number of carbonyl (C=O) groups excluding carboxylic acids is 1. The van der Waals surface area contributed by atoms with Gasteiger partial charge in [-0.3, -0.25) is 9.78 Å². The van der Waals surface area contributed by atoms with Gasteiger partial charge < -0.3 is 10.4 Å². The van der Waals surface area contributed by atoms with Crippen molar-refractivity contribution in [2.75, 3.05) is 5.32 Å². The Kier molecular flexibility index (Phi) is 4.09. The van der Waals surface area contributed by atoms with E-state index in [0.29, 0.717) is 5.69 Å². The van der Waals surface area contributed by atoms with Crippen LogP contribution >= 0.6 is 15.9 Å². The van der Waals surface area contributed by atoms with Gasteiger partial charge in [-0.1, -0.05) is 0 Å². The highest BCUT2D eigenvalue weighted by Gasteiger charge is 2.17. The molecule has 0 aliphatic heterocycles. The van der Waals surface area contributed by atoms with E-state index in [0.717, 1.165) is 0 Å². The van der Waals surface area contributed by atoms with Gasteiger partial charge in [0.2, 0.25) is 0 Å². The molecule has 2 N–H and O–H groups in total. The zero-order chi connectivity index (χ0) is 14.7. The summed E-state index contributed by atoms with van der Waals surface area (Å²) in [4.78, 5) is 26.7. The number of nitrogens with zero attached hydrogens (tertiary/aromatic N) is 1. The van der Waals surface area contributed by atoms with Gasteiger partial charge in [0, 0.05) is 11.9 Å². The van der Waals surface area contributed by atoms with Crippen LogP contribution in [0, 0.1) is 5.82 Å². The Morgan fingerprint density at radius 2 is 2.05 bits per heavy atom. The van der Waals surface area contributed by atoms with Crippen molar-refractivity contribution in [3.63, 3.8) is 0 Å². The average Bonchev–Trinajstić information content (AvgIpc) is 2.43. The molecular formula is C13H8BrFN2O3. The molecule has 0 bridgehead atoms. The maximum Gasteiger partial charge on any atom is 0.338 e. The molecule has 0 aliphatic rings. The molecule has 0 saturated carbocycles. The van der Waals surface area contributed by atoms with Crippen molar-refractivity contribution in [2.45, 2.75) is 0 Å². The zero-order valence-corrected chi connectivity index (χ0v) is 11.5. The second kappa shape index (κ2) is 5.79. The number of nitrogens with one attached hydrogen (secondary N) is 1. The molecule has 0 radical (unpaired) electrons. The third-order valence-corrected chi connectivity index (χ3v) is 3.04. The number of carboxylic acid groups (broad SMARTS) is 1. The van der Waals surface area contributed by atoms with Crippen LogP contribution in [0.4, 0.5) is 10.1 Å². The van der Waals surface area contributed by atoms with Crippen LogP contribution in [0.2, 0.25) is 0 Å². The van der Waals surface area contributed by atoms with E-state index in [1.54, 1.807) is 0 Å². The smallest absolute Gasteiger partial charge is 0.338 e. The quantitative estimate of drug-likeness (QED) is 0.901. The van der Waals surface area contributed by atoms with E-state index in [1.165, 1.54) is 36.5 Å². The number of benzene rings is 1. The summed E-state index contributed by atoms with van der Waals surface area (Å²) in [5.74, 6) is -2.39. The van der Waals surface area contributed by atoms with E-state index in [9.17, 15) is 14.0 Å². The summed E-state index contributed by atoms with van der Waals surface area (Å²) in [5.41, 5.74) is -0.0862. The lowest BCUT2D eigenvalue weighted by molar-refractivity contribution is 0.0691. The van der Waals surface area contributed by atoms with Gasteiger partial charge in [0.25, 0.3) is 5.91 Å². The largest absolute Gasteiger partial charge is 0.478 e. The molecular weight excluding hydrogens is 331 g/mol. The molecule has 0 spiro atoms. The number of carboxylic acids is 1. The van der Waals surface area contributed by atoms with Crippen LogP contribution in [0.1, 0.15) is 20.8 Å². The highest BCUT2D eigenvalue weighted by Crippen LogP contribution is 2.20. The molecule has 5 nitrogen and oxygen atoms in total. The molecule has 102 valence electrons. The standard InChI is InChI=1S/C13H8BrFN2O3/c14-9-6-7(3-4-10(9)15)17-12(18)11-8(13(19)20)2-1-5-16-11/h1-6H,(H,17,18)(H,19,20). The van der Waals surface area contributed by atoms with Crippen LogP contribution in [-0.2, 0) is 0 Å². The van der Waals surface area contributed by atoms with Crippen LogP contribution in [0.3, 0.4) is 0 Å². The summed E-state index contributed by atoms with van der Waals surface area (Å²) in [7, 11) is 0. The van der Waals surface area contributed by atoms with E-state index in [1.807, 2.05) is 0 Å². The molecule has 1 aromatic carbocycles. The van der Waals surface area contributed by atoms with Gasteiger partial charge in [0.15, 0.2) is 0 Å². The van der Waals surface area contributed by atoms with E-state index >= 15 is 0 Å². The molecule has 0 unspecified atom stereocenters. The molecule has 1 amide bonds. The van der Waals surface area contributed by atoms with Gasteiger partial charge in [0.1, 0.15) is 11.5 Å². The third-order valence-electron chi connectivity index (χ3n) is 2.43. The number of aromatic nitrogens is 1. The maximum absolute atomic E-state index is 13.1. The van der Waals surface area contributed by atoms with Crippen molar-refractivity contribution in [3.8, 4) is 0 Å². The van der Waals surface area contributed by atoms with E-state index in [2.05, 4.69) is 26.2 Å². The number of carbonyl (C=O) groups is 2. The second-order valence-corrected chi connectivity index (χ2v) is 4.64. The summed E-state index contributed by atoms with van der Waals surface area (Å²) in [5, 5.41) is 11.4. The van der Waals surface area contributed by atoms with E-state index in [4.69, 9.17) is 5.11 Å². The van der Waals surface area contributed by atoms with Crippen molar-refractivity contribution in [2.24, 2.45) is 0 Å². The molecule has 0 fully saturated rings. The number of aromatic carboxylic acids is 1. The molecule has 0 aliphatic carbocycles. The average molecular weight is 339 g/mol. The van der Waals surface area contributed by atoms with Gasteiger partial charge in [-0.15, -0.1) is 0 Å². The lowest BCUT2D eigenvalue weighted by atomic mass is 10.2. The van der Waals surface area contributed by atoms with Crippen LogP contribution in [-0.4, -0.2) is 22.0 Å². The summed E-state index contributed by atoms with van der Waals surface area (Å²) in [6.45, 7) is 0. The number of hydrogen-bond acceptors (Lipinski definition) is 3. The van der Waals surface area contributed by atoms with Crippen LogP contribution < -0.4 is 5.32 Å². The van der Waals surface area contributed by atoms with Crippen molar-refractivity contribution in [3.05, 3.63) is 58.1 Å². The topological polar surface area (TPSA) is 79.3 Å². The Hall–Kier alpha value is -2.28. The minimum atomic E-state index is -1.25. The fourth-order valence-electron chi connectivity index (χ4n) is 1.52. The number of anilines is 1. The first-order chi connectivity index (χ1) is 9.49. The second-order valence-electron chi connectivity index (χ2n) is 3.79. The number of rotatable bonds is 3. The number of halogens is 2. The highest BCUT2D eigenvalue weighted by molar-refractivity contribution is 9.10. The predicted molar refractivity (Wildman–Crippen MR) is 73.2 cm³/mol. The summed E-state index contributed by atoms with van der Waals surface area (Å²) in [6, 6.07) is 6.62. The van der Waals surface area contributed by atoms with Crippen molar-refractivity contribution >= 4 is 33.5 Å². The van der Waals surface area contributed by atoms with Gasteiger partial charge in [-0.2, -0.15) is 0 Å². The minimum Gasteiger partial charge on any atom is -0.478 e. The minimum absolute atomic E-state index is 0.190. The Morgan fingerprint density at radius 1 is 1.30 bits per heavy atom. The first-order valence-corrected chi connectivity index (χ1v) is 6.23. The van der Waals surface area contributed by atoms with Gasteiger partial charge in [0.05, 0.1) is 10.0 Å². The molecule has 20 heavy (non-hydrogen) atoms. The molecule has 1 aromatic heterocycles. The normalized spacial score (nSPS) is 10.1. The summed E-state index contributed by atoms with van der Waals surface area (Å²) < 4.78 is 13.3. The predicted octanol–water partition coefficient (Wildman–Crippen LogP) is 2.93. The highest BCUT2D eigenvalue weighted by atomic mass is 79.9.